The number of pyridine rings is 1. The predicted octanol–water partition coefficient (Wildman–Crippen LogP) is 1.98. The Hall–Kier alpha value is -1.62. The van der Waals surface area contributed by atoms with E-state index in [1.54, 1.807) is 11.1 Å². The van der Waals surface area contributed by atoms with E-state index in [1.165, 1.54) is 6.42 Å². The SMILES string of the molecule is CCN(CC)C(=O)c1cc(NCCC2CCNC2)ccn1. The van der Waals surface area contributed by atoms with Crippen molar-refractivity contribution in [2.24, 2.45) is 5.92 Å². The van der Waals surface area contributed by atoms with Gasteiger partial charge in [-0.3, -0.25) is 9.78 Å². The van der Waals surface area contributed by atoms with Crippen molar-refractivity contribution in [3.8, 4) is 0 Å². The third-order valence-corrected chi connectivity index (χ3v) is 4.07. The van der Waals surface area contributed by atoms with E-state index in [0.717, 1.165) is 37.7 Å². The molecule has 5 nitrogen and oxygen atoms in total. The van der Waals surface area contributed by atoms with E-state index in [-0.39, 0.29) is 5.91 Å². The van der Waals surface area contributed by atoms with Crippen LogP contribution in [0.25, 0.3) is 0 Å². The summed E-state index contributed by atoms with van der Waals surface area (Å²) in [6.45, 7) is 8.60. The van der Waals surface area contributed by atoms with Crippen LogP contribution in [0.15, 0.2) is 18.3 Å². The van der Waals surface area contributed by atoms with Gasteiger partial charge in [0.1, 0.15) is 5.69 Å². The smallest absolute Gasteiger partial charge is 0.272 e. The molecule has 0 aromatic carbocycles. The Morgan fingerprint density at radius 1 is 1.48 bits per heavy atom. The Morgan fingerprint density at radius 2 is 2.29 bits per heavy atom. The van der Waals surface area contributed by atoms with Gasteiger partial charge in [0.2, 0.25) is 0 Å². The lowest BCUT2D eigenvalue weighted by Gasteiger charge is -2.18. The lowest BCUT2D eigenvalue weighted by Crippen LogP contribution is -2.31. The first-order chi connectivity index (χ1) is 10.2. The topological polar surface area (TPSA) is 57.3 Å². The van der Waals surface area contributed by atoms with Crippen molar-refractivity contribution in [3.63, 3.8) is 0 Å². The molecule has 1 fully saturated rings. The number of aromatic nitrogens is 1. The molecular formula is C16H26N4O. The van der Waals surface area contributed by atoms with Gasteiger partial charge in [-0.1, -0.05) is 0 Å². The molecule has 116 valence electrons. The van der Waals surface area contributed by atoms with E-state index < -0.39 is 0 Å². The van der Waals surface area contributed by atoms with E-state index in [2.05, 4.69) is 15.6 Å². The molecule has 0 radical (unpaired) electrons. The third kappa shape index (κ3) is 4.43. The standard InChI is InChI=1S/C16H26N4O/c1-3-20(4-2)16(21)15-11-14(7-10-19-15)18-9-6-13-5-8-17-12-13/h7,10-11,13,17H,3-6,8-9,12H2,1-2H3,(H,18,19). The Balaban J connectivity index is 1.89. The van der Waals surface area contributed by atoms with E-state index in [9.17, 15) is 4.79 Å². The van der Waals surface area contributed by atoms with Crippen molar-refractivity contribution in [2.45, 2.75) is 26.7 Å². The lowest BCUT2D eigenvalue weighted by molar-refractivity contribution is 0.0767. The van der Waals surface area contributed by atoms with Crippen LogP contribution in [-0.2, 0) is 0 Å². The maximum atomic E-state index is 12.3. The summed E-state index contributed by atoms with van der Waals surface area (Å²) in [6.07, 6.45) is 4.13. The molecule has 0 bridgehead atoms. The molecule has 1 unspecified atom stereocenters. The monoisotopic (exact) mass is 290 g/mol. The minimum atomic E-state index is 0.00337. The van der Waals surface area contributed by atoms with Crippen molar-refractivity contribution in [3.05, 3.63) is 24.0 Å². The van der Waals surface area contributed by atoms with Crippen molar-refractivity contribution in [1.82, 2.24) is 15.2 Å². The van der Waals surface area contributed by atoms with Gasteiger partial charge in [0.25, 0.3) is 5.91 Å². The average Bonchev–Trinajstić information content (AvgIpc) is 3.02. The van der Waals surface area contributed by atoms with Crippen LogP contribution < -0.4 is 10.6 Å². The normalized spacial score (nSPS) is 17.7. The zero-order chi connectivity index (χ0) is 15.1. The Labute approximate surface area is 127 Å². The summed E-state index contributed by atoms with van der Waals surface area (Å²) in [7, 11) is 0. The van der Waals surface area contributed by atoms with Gasteiger partial charge in [-0.05, 0) is 57.8 Å². The zero-order valence-corrected chi connectivity index (χ0v) is 13.1. The second-order valence-corrected chi connectivity index (χ2v) is 5.48. The predicted molar refractivity (Wildman–Crippen MR) is 85.6 cm³/mol. The van der Waals surface area contributed by atoms with Crippen molar-refractivity contribution >= 4 is 11.6 Å². The van der Waals surface area contributed by atoms with Gasteiger partial charge in [0, 0.05) is 31.5 Å². The fraction of sp³-hybridized carbons (Fsp3) is 0.625. The number of nitrogens with one attached hydrogen (secondary N) is 2. The highest BCUT2D eigenvalue weighted by Crippen LogP contribution is 2.14. The van der Waals surface area contributed by atoms with Crippen LogP contribution in [0.1, 0.15) is 37.2 Å². The first-order valence-electron chi connectivity index (χ1n) is 7.94. The van der Waals surface area contributed by atoms with Crippen LogP contribution in [-0.4, -0.2) is 48.5 Å². The molecule has 1 aromatic heterocycles. The maximum absolute atomic E-state index is 12.3. The highest BCUT2D eigenvalue weighted by Gasteiger charge is 2.15. The van der Waals surface area contributed by atoms with Gasteiger partial charge in [0.05, 0.1) is 0 Å². The fourth-order valence-corrected chi connectivity index (χ4v) is 2.71. The molecule has 1 atom stereocenters. The van der Waals surface area contributed by atoms with Gasteiger partial charge in [-0.15, -0.1) is 0 Å². The minimum Gasteiger partial charge on any atom is -0.385 e. The molecule has 2 N–H and O–H groups in total. The van der Waals surface area contributed by atoms with Crippen LogP contribution >= 0.6 is 0 Å². The van der Waals surface area contributed by atoms with Crippen LogP contribution in [0.2, 0.25) is 0 Å². The number of anilines is 1. The summed E-state index contributed by atoms with van der Waals surface area (Å²) in [5.74, 6) is 0.778. The number of nitrogens with zero attached hydrogens (tertiary/aromatic N) is 2. The van der Waals surface area contributed by atoms with Gasteiger partial charge >= 0.3 is 0 Å². The number of hydrogen-bond donors (Lipinski definition) is 2. The van der Waals surface area contributed by atoms with Gasteiger partial charge in [-0.2, -0.15) is 0 Å². The molecule has 2 heterocycles. The number of hydrogen-bond acceptors (Lipinski definition) is 4. The molecule has 0 spiro atoms. The molecular weight excluding hydrogens is 264 g/mol. The Bertz CT molecular complexity index is 453. The molecule has 1 aromatic rings. The van der Waals surface area contributed by atoms with Crippen LogP contribution in [0.5, 0.6) is 0 Å². The first-order valence-corrected chi connectivity index (χ1v) is 7.94. The van der Waals surface area contributed by atoms with Crippen LogP contribution in [0, 0.1) is 5.92 Å². The quantitative estimate of drug-likeness (QED) is 0.806. The summed E-state index contributed by atoms with van der Waals surface area (Å²) in [4.78, 5) is 18.3. The van der Waals surface area contributed by atoms with Crippen molar-refractivity contribution in [2.75, 3.05) is 38.0 Å². The molecule has 0 saturated carbocycles. The average molecular weight is 290 g/mol. The van der Waals surface area contributed by atoms with Crippen LogP contribution in [0.4, 0.5) is 5.69 Å². The fourth-order valence-electron chi connectivity index (χ4n) is 2.71. The molecule has 5 heteroatoms. The molecule has 1 aliphatic rings. The highest BCUT2D eigenvalue weighted by atomic mass is 16.2. The largest absolute Gasteiger partial charge is 0.385 e. The highest BCUT2D eigenvalue weighted by molar-refractivity contribution is 5.93. The first kappa shape index (κ1) is 15.8. The number of amides is 1. The van der Waals surface area contributed by atoms with Gasteiger partial charge < -0.3 is 15.5 Å². The summed E-state index contributed by atoms with van der Waals surface area (Å²) >= 11 is 0. The van der Waals surface area contributed by atoms with E-state index in [1.807, 2.05) is 26.0 Å². The summed E-state index contributed by atoms with van der Waals surface area (Å²) in [6, 6.07) is 3.78. The molecule has 0 aliphatic carbocycles. The number of carbonyl (C=O) groups excluding carboxylic acids is 1. The van der Waals surface area contributed by atoms with Gasteiger partial charge in [-0.25, -0.2) is 0 Å². The second kappa shape index (κ2) is 7.98. The van der Waals surface area contributed by atoms with E-state index >= 15 is 0 Å². The summed E-state index contributed by atoms with van der Waals surface area (Å²) in [5.41, 5.74) is 1.50. The summed E-state index contributed by atoms with van der Waals surface area (Å²) < 4.78 is 0. The second-order valence-electron chi connectivity index (χ2n) is 5.48. The maximum Gasteiger partial charge on any atom is 0.272 e. The molecule has 21 heavy (non-hydrogen) atoms. The van der Waals surface area contributed by atoms with E-state index in [4.69, 9.17) is 0 Å². The summed E-state index contributed by atoms with van der Waals surface area (Å²) in [5, 5.41) is 6.79. The van der Waals surface area contributed by atoms with E-state index in [0.29, 0.717) is 18.8 Å². The Kier molecular flexibility index (Phi) is 5.99. The van der Waals surface area contributed by atoms with Crippen molar-refractivity contribution in [1.29, 1.82) is 0 Å². The molecule has 1 amide bonds. The van der Waals surface area contributed by atoms with Crippen LogP contribution in [0.3, 0.4) is 0 Å². The molecule has 2 rings (SSSR count). The molecule has 1 aliphatic heterocycles. The van der Waals surface area contributed by atoms with Crippen molar-refractivity contribution < 1.29 is 4.79 Å². The van der Waals surface area contributed by atoms with Gasteiger partial charge in [0.15, 0.2) is 0 Å². The minimum absolute atomic E-state index is 0.00337. The third-order valence-electron chi connectivity index (χ3n) is 4.07. The lowest BCUT2D eigenvalue weighted by atomic mass is 10.1. The zero-order valence-electron chi connectivity index (χ0n) is 13.1. The molecule has 1 saturated heterocycles. The number of carbonyl (C=O) groups is 1. The Morgan fingerprint density at radius 3 is 2.95 bits per heavy atom. The number of rotatable bonds is 7.